The summed E-state index contributed by atoms with van der Waals surface area (Å²) in [6.07, 6.45) is 1.46. The maximum atomic E-state index is 12.8. The van der Waals surface area contributed by atoms with Crippen LogP contribution >= 0.6 is 11.6 Å². The molecule has 0 spiro atoms. The van der Waals surface area contributed by atoms with Crippen LogP contribution in [0.4, 0.5) is 0 Å². The van der Waals surface area contributed by atoms with E-state index in [-0.39, 0.29) is 21.9 Å². The Hall–Kier alpha value is -2.77. The maximum absolute atomic E-state index is 12.8. The third-order valence-electron chi connectivity index (χ3n) is 4.57. The van der Waals surface area contributed by atoms with E-state index >= 15 is 0 Å². The minimum atomic E-state index is -0.836. The number of carbonyl (C=O) groups excluding carboxylic acids is 2. The minimum absolute atomic E-state index is 0.0612. The van der Waals surface area contributed by atoms with Crippen molar-refractivity contribution >= 4 is 29.1 Å². The zero-order chi connectivity index (χ0) is 20.4. The normalized spacial score (nSPS) is 18.9. The summed E-state index contributed by atoms with van der Waals surface area (Å²) in [5, 5.41) is 11.2. The van der Waals surface area contributed by atoms with Gasteiger partial charge in [0.2, 0.25) is 0 Å². The number of nitrogens with zero attached hydrogens (tertiary/aromatic N) is 2. The van der Waals surface area contributed by atoms with E-state index in [1.807, 2.05) is 19.0 Å². The van der Waals surface area contributed by atoms with Crippen molar-refractivity contribution in [1.82, 2.24) is 9.80 Å². The van der Waals surface area contributed by atoms with E-state index in [2.05, 4.69) is 0 Å². The van der Waals surface area contributed by atoms with E-state index in [0.29, 0.717) is 24.6 Å². The standard InChI is InChI=1S/C20H21ClN2O5/c1-22(2)8-9-23-17(15-5-4-10-28-15)16(19(25)20(23)26)18(24)13-11-12(27-3)6-7-14(13)21/h4-7,10-11,17,24H,8-9H2,1-3H3/b18-16-. The van der Waals surface area contributed by atoms with E-state index < -0.39 is 17.7 Å². The van der Waals surface area contributed by atoms with Gasteiger partial charge in [0.1, 0.15) is 23.3 Å². The van der Waals surface area contributed by atoms with Crippen LogP contribution in [0.15, 0.2) is 46.6 Å². The Balaban J connectivity index is 2.15. The fourth-order valence-electron chi connectivity index (χ4n) is 3.12. The van der Waals surface area contributed by atoms with E-state index in [9.17, 15) is 14.7 Å². The fourth-order valence-corrected chi connectivity index (χ4v) is 3.33. The topological polar surface area (TPSA) is 83.2 Å². The monoisotopic (exact) mass is 404 g/mol. The number of likely N-dealkylation sites (tertiary alicyclic amines) is 1. The number of halogens is 1. The van der Waals surface area contributed by atoms with Gasteiger partial charge in [0.15, 0.2) is 0 Å². The van der Waals surface area contributed by atoms with Gasteiger partial charge in [-0.05, 0) is 44.4 Å². The van der Waals surface area contributed by atoms with Crippen molar-refractivity contribution in [2.75, 3.05) is 34.3 Å². The number of furan rings is 1. The highest BCUT2D eigenvalue weighted by atomic mass is 35.5. The average molecular weight is 405 g/mol. The number of aliphatic hydroxyl groups is 1. The molecule has 1 aliphatic heterocycles. The molecule has 1 saturated heterocycles. The van der Waals surface area contributed by atoms with Crippen molar-refractivity contribution in [2.45, 2.75) is 6.04 Å². The lowest BCUT2D eigenvalue weighted by Gasteiger charge is -2.24. The molecule has 1 unspecified atom stereocenters. The van der Waals surface area contributed by atoms with Gasteiger partial charge in [0, 0.05) is 18.7 Å². The Kier molecular flexibility index (Phi) is 5.76. The highest BCUT2D eigenvalue weighted by Crippen LogP contribution is 2.41. The predicted octanol–water partition coefficient (Wildman–Crippen LogP) is 2.92. The van der Waals surface area contributed by atoms with Gasteiger partial charge in [-0.15, -0.1) is 0 Å². The summed E-state index contributed by atoms with van der Waals surface area (Å²) in [5.41, 5.74) is 0.150. The van der Waals surface area contributed by atoms with E-state index in [4.69, 9.17) is 20.8 Å². The van der Waals surface area contributed by atoms with E-state index in [1.54, 1.807) is 24.3 Å². The average Bonchev–Trinajstić information content (AvgIpc) is 3.27. The predicted molar refractivity (Wildman–Crippen MR) is 104 cm³/mol. The first-order valence-corrected chi connectivity index (χ1v) is 9.03. The number of hydrogen-bond donors (Lipinski definition) is 1. The second-order valence-corrected chi connectivity index (χ2v) is 7.06. The van der Waals surface area contributed by atoms with Crippen LogP contribution in [-0.4, -0.2) is 60.9 Å². The molecule has 0 radical (unpaired) electrons. The second-order valence-electron chi connectivity index (χ2n) is 6.66. The van der Waals surface area contributed by atoms with Crippen LogP contribution in [0.25, 0.3) is 5.76 Å². The van der Waals surface area contributed by atoms with Gasteiger partial charge in [-0.1, -0.05) is 11.6 Å². The van der Waals surface area contributed by atoms with Crippen LogP contribution in [0.5, 0.6) is 5.75 Å². The molecule has 7 nitrogen and oxygen atoms in total. The van der Waals surface area contributed by atoms with E-state index in [1.165, 1.54) is 24.3 Å². The molecule has 1 amide bonds. The molecule has 8 heteroatoms. The minimum Gasteiger partial charge on any atom is -0.507 e. The Morgan fingerprint density at radius 3 is 2.68 bits per heavy atom. The van der Waals surface area contributed by atoms with E-state index in [0.717, 1.165) is 0 Å². The van der Waals surface area contributed by atoms with Gasteiger partial charge in [-0.25, -0.2) is 0 Å². The third-order valence-corrected chi connectivity index (χ3v) is 4.90. The smallest absolute Gasteiger partial charge is 0.295 e. The Morgan fingerprint density at radius 1 is 1.32 bits per heavy atom. The van der Waals surface area contributed by atoms with Crippen LogP contribution < -0.4 is 4.74 Å². The lowest BCUT2D eigenvalue weighted by Crippen LogP contribution is -2.35. The lowest BCUT2D eigenvalue weighted by molar-refractivity contribution is -0.140. The summed E-state index contributed by atoms with van der Waals surface area (Å²) in [5.74, 6) is -0.989. The van der Waals surface area contributed by atoms with Crippen LogP contribution in [0, 0.1) is 0 Å². The molecule has 3 rings (SSSR count). The quantitative estimate of drug-likeness (QED) is 0.453. The molecule has 148 valence electrons. The number of likely N-dealkylation sites (N-methyl/N-ethyl adjacent to an activating group) is 1. The number of benzene rings is 1. The SMILES string of the molecule is COc1ccc(Cl)c(/C(O)=C2/C(=O)C(=O)N(CCN(C)C)C2c2ccco2)c1. The number of amides is 1. The highest BCUT2D eigenvalue weighted by molar-refractivity contribution is 6.46. The van der Waals surface area contributed by atoms with Crippen molar-refractivity contribution in [2.24, 2.45) is 0 Å². The number of hydrogen-bond acceptors (Lipinski definition) is 6. The first-order chi connectivity index (χ1) is 13.3. The van der Waals surface area contributed by atoms with Gasteiger partial charge in [0.05, 0.1) is 24.0 Å². The summed E-state index contributed by atoms with van der Waals surface area (Å²) >= 11 is 6.23. The van der Waals surface area contributed by atoms with Crippen molar-refractivity contribution < 1.29 is 23.8 Å². The number of ether oxygens (including phenoxy) is 1. The Morgan fingerprint density at radius 2 is 2.07 bits per heavy atom. The molecule has 2 aromatic rings. The van der Waals surface area contributed by atoms with Crippen molar-refractivity contribution in [3.63, 3.8) is 0 Å². The molecule has 1 N–H and O–H groups in total. The molecule has 1 aromatic carbocycles. The Labute approximate surface area is 167 Å². The number of methoxy groups -OCH3 is 1. The summed E-state index contributed by atoms with van der Waals surface area (Å²) in [4.78, 5) is 28.8. The maximum Gasteiger partial charge on any atom is 0.295 e. The number of Topliss-reactive ketones (excluding diaryl/α,β-unsaturated/α-hetero) is 1. The van der Waals surface area contributed by atoms with Crippen molar-refractivity contribution in [1.29, 1.82) is 0 Å². The van der Waals surface area contributed by atoms with Gasteiger partial charge < -0.3 is 24.1 Å². The van der Waals surface area contributed by atoms with Crippen LogP contribution in [0.3, 0.4) is 0 Å². The number of carbonyl (C=O) groups is 2. The highest BCUT2D eigenvalue weighted by Gasteiger charge is 2.47. The van der Waals surface area contributed by atoms with Gasteiger partial charge >= 0.3 is 0 Å². The molecule has 1 atom stereocenters. The molecule has 1 fully saturated rings. The molecule has 0 aliphatic carbocycles. The lowest BCUT2D eigenvalue weighted by atomic mass is 9.99. The first-order valence-electron chi connectivity index (χ1n) is 8.65. The molecule has 1 aliphatic rings. The summed E-state index contributed by atoms with van der Waals surface area (Å²) in [6.45, 7) is 0.843. The summed E-state index contributed by atoms with van der Waals surface area (Å²) in [6, 6.07) is 7.21. The van der Waals surface area contributed by atoms with Crippen LogP contribution in [0.1, 0.15) is 17.4 Å². The number of ketones is 1. The molecule has 1 aromatic heterocycles. The number of aliphatic hydroxyl groups excluding tert-OH is 1. The first kappa shape index (κ1) is 20.0. The largest absolute Gasteiger partial charge is 0.507 e. The molecule has 28 heavy (non-hydrogen) atoms. The summed E-state index contributed by atoms with van der Waals surface area (Å²) in [7, 11) is 5.22. The zero-order valence-corrected chi connectivity index (χ0v) is 16.6. The van der Waals surface area contributed by atoms with Crippen molar-refractivity contribution in [3.05, 3.63) is 58.5 Å². The molecular formula is C20H21ClN2O5. The van der Waals surface area contributed by atoms with Crippen LogP contribution in [0.2, 0.25) is 5.02 Å². The second kappa shape index (κ2) is 8.08. The fraction of sp³-hybridized carbons (Fsp3) is 0.300. The van der Waals surface area contributed by atoms with Gasteiger partial charge in [0.25, 0.3) is 11.7 Å². The number of rotatable bonds is 6. The molecule has 0 bridgehead atoms. The molecular weight excluding hydrogens is 384 g/mol. The van der Waals surface area contributed by atoms with Crippen LogP contribution in [-0.2, 0) is 9.59 Å². The van der Waals surface area contributed by atoms with Gasteiger partial charge in [-0.2, -0.15) is 0 Å². The Bertz CT molecular complexity index is 921. The molecule has 2 heterocycles. The van der Waals surface area contributed by atoms with Crippen molar-refractivity contribution in [3.8, 4) is 5.75 Å². The summed E-state index contributed by atoms with van der Waals surface area (Å²) < 4.78 is 10.7. The third kappa shape index (κ3) is 3.63. The zero-order valence-electron chi connectivity index (χ0n) is 15.8. The molecule has 0 saturated carbocycles. The van der Waals surface area contributed by atoms with Gasteiger partial charge in [-0.3, -0.25) is 9.59 Å².